The molecule has 1 N–H and O–H groups in total. The van der Waals surface area contributed by atoms with Crippen LogP contribution in [0.2, 0.25) is 0 Å². The third-order valence-electron chi connectivity index (χ3n) is 5.01. The van der Waals surface area contributed by atoms with Gasteiger partial charge in [0.1, 0.15) is 5.82 Å². The molecule has 2 aromatic rings. The van der Waals surface area contributed by atoms with Gasteiger partial charge in [-0.3, -0.25) is 0 Å². The van der Waals surface area contributed by atoms with Crippen LogP contribution in [0, 0.1) is 0 Å². The number of hydrogen-bond acceptors (Lipinski definition) is 3. The highest BCUT2D eigenvalue weighted by Crippen LogP contribution is 2.32. The zero-order valence-electron chi connectivity index (χ0n) is 13.0. The van der Waals surface area contributed by atoms with Crippen molar-refractivity contribution in [2.24, 2.45) is 0 Å². The molecule has 0 spiro atoms. The quantitative estimate of drug-likeness (QED) is 0.943. The molecule has 2 aliphatic rings. The van der Waals surface area contributed by atoms with Gasteiger partial charge in [0, 0.05) is 31.9 Å². The summed E-state index contributed by atoms with van der Waals surface area (Å²) < 4.78 is 0. The predicted octanol–water partition coefficient (Wildman–Crippen LogP) is 2.59. The molecule has 2 aliphatic heterocycles. The molecule has 4 rings (SSSR count). The normalized spacial score (nSPS) is 20.4. The van der Waals surface area contributed by atoms with E-state index in [1.165, 1.54) is 35.3 Å². The molecule has 1 aromatic carbocycles. The second-order valence-electron chi connectivity index (χ2n) is 6.35. The van der Waals surface area contributed by atoms with E-state index in [1.54, 1.807) is 0 Å². The van der Waals surface area contributed by atoms with Crippen LogP contribution in [-0.2, 0) is 19.3 Å². The van der Waals surface area contributed by atoms with Crippen molar-refractivity contribution in [3.8, 4) is 0 Å². The molecule has 0 aliphatic carbocycles. The Kier molecular flexibility index (Phi) is 3.81. The van der Waals surface area contributed by atoms with E-state index in [0.29, 0.717) is 6.04 Å². The van der Waals surface area contributed by atoms with E-state index in [4.69, 9.17) is 4.98 Å². The molecule has 0 saturated carbocycles. The largest absolute Gasteiger partial charge is 0.351 e. The molecule has 3 heteroatoms. The zero-order valence-corrected chi connectivity index (χ0v) is 13.0. The summed E-state index contributed by atoms with van der Waals surface area (Å²) in [5.41, 5.74) is 4.41. The van der Waals surface area contributed by atoms with Gasteiger partial charge < -0.3 is 10.2 Å². The number of fused-ring (bicyclic) bond motifs is 3. The minimum absolute atomic E-state index is 0.637. The van der Waals surface area contributed by atoms with Crippen LogP contribution in [0.15, 0.2) is 42.6 Å². The van der Waals surface area contributed by atoms with Gasteiger partial charge in [0.05, 0.1) is 0 Å². The molecule has 1 saturated heterocycles. The van der Waals surface area contributed by atoms with Crippen LogP contribution in [0.4, 0.5) is 5.82 Å². The van der Waals surface area contributed by atoms with Crippen LogP contribution in [0.5, 0.6) is 0 Å². The second-order valence-corrected chi connectivity index (χ2v) is 6.35. The Hall–Kier alpha value is -1.87. The molecule has 0 radical (unpaired) electrons. The van der Waals surface area contributed by atoms with Crippen LogP contribution < -0.4 is 10.2 Å². The summed E-state index contributed by atoms with van der Waals surface area (Å²) >= 11 is 0. The van der Waals surface area contributed by atoms with E-state index in [9.17, 15) is 0 Å². The van der Waals surface area contributed by atoms with Gasteiger partial charge in [-0.05, 0) is 48.4 Å². The molecule has 3 heterocycles. The molecule has 3 nitrogen and oxygen atoms in total. The number of rotatable bonds is 3. The first-order valence-electron chi connectivity index (χ1n) is 8.40. The molecule has 114 valence electrons. The SMILES string of the molecule is c1ccc(CCc2ccnc3c2CCC2CNCCN32)cc1. The third kappa shape index (κ3) is 2.61. The number of nitrogens with one attached hydrogen (secondary N) is 1. The van der Waals surface area contributed by atoms with Crippen LogP contribution in [0.25, 0.3) is 0 Å². The van der Waals surface area contributed by atoms with Crippen molar-refractivity contribution in [2.75, 3.05) is 24.5 Å². The summed E-state index contributed by atoms with van der Waals surface area (Å²) in [5, 5.41) is 3.51. The zero-order chi connectivity index (χ0) is 14.8. The first-order chi connectivity index (χ1) is 10.9. The first kappa shape index (κ1) is 13.8. The minimum Gasteiger partial charge on any atom is -0.351 e. The van der Waals surface area contributed by atoms with E-state index < -0.39 is 0 Å². The van der Waals surface area contributed by atoms with Crippen LogP contribution >= 0.6 is 0 Å². The van der Waals surface area contributed by atoms with Crippen molar-refractivity contribution >= 4 is 5.82 Å². The van der Waals surface area contributed by atoms with Crippen molar-refractivity contribution in [2.45, 2.75) is 31.7 Å². The molecule has 1 fully saturated rings. The summed E-state index contributed by atoms with van der Waals surface area (Å²) in [7, 11) is 0. The van der Waals surface area contributed by atoms with Crippen LogP contribution in [0.1, 0.15) is 23.1 Å². The molecule has 0 bridgehead atoms. The lowest BCUT2D eigenvalue weighted by atomic mass is 9.91. The lowest BCUT2D eigenvalue weighted by Gasteiger charge is -2.42. The van der Waals surface area contributed by atoms with Crippen molar-refractivity contribution in [1.82, 2.24) is 10.3 Å². The lowest BCUT2D eigenvalue weighted by molar-refractivity contribution is 0.435. The monoisotopic (exact) mass is 293 g/mol. The van der Waals surface area contributed by atoms with Crippen molar-refractivity contribution < 1.29 is 0 Å². The van der Waals surface area contributed by atoms with Gasteiger partial charge >= 0.3 is 0 Å². The maximum Gasteiger partial charge on any atom is 0.132 e. The molecule has 22 heavy (non-hydrogen) atoms. The third-order valence-corrected chi connectivity index (χ3v) is 5.01. The molecule has 1 aromatic heterocycles. The highest BCUT2D eigenvalue weighted by Gasteiger charge is 2.30. The average molecular weight is 293 g/mol. The summed E-state index contributed by atoms with van der Waals surface area (Å²) in [6.45, 7) is 3.27. The highest BCUT2D eigenvalue weighted by molar-refractivity contribution is 5.54. The molecule has 0 amide bonds. The maximum atomic E-state index is 4.72. The summed E-state index contributed by atoms with van der Waals surface area (Å²) in [6.07, 6.45) is 6.66. The Balaban J connectivity index is 1.57. The summed E-state index contributed by atoms with van der Waals surface area (Å²) in [6, 6.07) is 13.6. The second kappa shape index (κ2) is 6.09. The summed E-state index contributed by atoms with van der Waals surface area (Å²) in [4.78, 5) is 7.25. The lowest BCUT2D eigenvalue weighted by Crippen LogP contribution is -2.53. The van der Waals surface area contributed by atoms with Gasteiger partial charge in [0.2, 0.25) is 0 Å². The number of piperazine rings is 1. The van der Waals surface area contributed by atoms with E-state index in [1.807, 2.05) is 6.20 Å². The fourth-order valence-corrected chi connectivity index (χ4v) is 3.81. The first-order valence-corrected chi connectivity index (χ1v) is 8.40. The molecular formula is C19H23N3. The fourth-order valence-electron chi connectivity index (χ4n) is 3.81. The Bertz CT molecular complexity index is 638. The minimum atomic E-state index is 0.637. The number of benzene rings is 1. The topological polar surface area (TPSA) is 28.2 Å². The highest BCUT2D eigenvalue weighted by atomic mass is 15.3. The Morgan fingerprint density at radius 3 is 2.95 bits per heavy atom. The van der Waals surface area contributed by atoms with Gasteiger partial charge in [0.25, 0.3) is 0 Å². The Morgan fingerprint density at radius 1 is 1.14 bits per heavy atom. The number of pyridine rings is 1. The Labute approximate surface area is 132 Å². The van der Waals surface area contributed by atoms with Gasteiger partial charge in [0.15, 0.2) is 0 Å². The van der Waals surface area contributed by atoms with Crippen LogP contribution in [0.3, 0.4) is 0 Å². The molecular weight excluding hydrogens is 270 g/mol. The van der Waals surface area contributed by atoms with E-state index in [2.05, 4.69) is 46.6 Å². The maximum absolute atomic E-state index is 4.72. The average Bonchev–Trinajstić information content (AvgIpc) is 2.60. The fraction of sp³-hybridized carbons (Fsp3) is 0.421. The standard InChI is InChI=1S/C19H23N3/c1-2-4-15(5-3-1)6-7-16-10-11-21-19-18(16)9-8-17-14-20-12-13-22(17)19/h1-5,10-11,17,20H,6-9,12-14H2. The van der Waals surface area contributed by atoms with Gasteiger partial charge in [-0.2, -0.15) is 0 Å². The number of nitrogens with zero attached hydrogens (tertiary/aromatic N) is 2. The number of aryl methyl sites for hydroxylation is 2. The van der Waals surface area contributed by atoms with Crippen molar-refractivity contribution in [1.29, 1.82) is 0 Å². The predicted molar refractivity (Wildman–Crippen MR) is 90.4 cm³/mol. The van der Waals surface area contributed by atoms with Gasteiger partial charge in [-0.25, -0.2) is 4.98 Å². The van der Waals surface area contributed by atoms with E-state index in [0.717, 1.165) is 32.5 Å². The van der Waals surface area contributed by atoms with Gasteiger partial charge in [-0.15, -0.1) is 0 Å². The number of anilines is 1. The molecule has 1 atom stereocenters. The van der Waals surface area contributed by atoms with E-state index >= 15 is 0 Å². The summed E-state index contributed by atoms with van der Waals surface area (Å²) in [5.74, 6) is 1.25. The van der Waals surface area contributed by atoms with Crippen LogP contribution in [-0.4, -0.2) is 30.7 Å². The van der Waals surface area contributed by atoms with Gasteiger partial charge in [-0.1, -0.05) is 30.3 Å². The molecule has 1 unspecified atom stereocenters. The van der Waals surface area contributed by atoms with Crippen molar-refractivity contribution in [3.63, 3.8) is 0 Å². The van der Waals surface area contributed by atoms with E-state index in [-0.39, 0.29) is 0 Å². The Morgan fingerprint density at radius 2 is 2.05 bits per heavy atom. The number of hydrogen-bond donors (Lipinski definition) is 1. The van der Waals surface area contributed by atoms with Crippen molar-refractivity contribution in [3.05, 3.63) is 59.3 Å². The smallest absolute Gasteiger partial charge is 0.132 e. The number of aromatic nitrogens is 1.